The van der Waals surface area contributed by atoms with Gasteiger partial charge in [0.05, 0.1) is 0 Å². The normalized spacial score (nSPS) is 18.9. The van der Waals surface area contributed by atoms with Crippen LogP contribution >= 0.6 is 12.4 Å². The number of nitrogens with two attached hydrogens (primary N) is 1. The van der Waals surface area contributed by atoms with Gasteiger partial charge in [-0.25, -0.2) is 8.78 Å². The quantitative estimate of drug-likeness (QED) is 0.927. The summed E-state index contributed by atoms with van der Waals surface area (Å²) in [7, 11) is 0. The van der Waals surface area contributed by atoms with Crippen molar-refractivity contribution < 1.29 is 8.78 Å². The summed E-state index contributed by atoms with van der Waals surface area (Å²) in [5.74, 6) is -0.927. The van der Waals surface area contributed by atoms with Gasteiger partial charge >= 0.3 is 0 Å². The molecule has 1 atom stereocenters. The molecule has 1 fully saturated rings. The molecule has 2 nitrogen and oxygen atoms in total. The van der Waals surface area contributed by atoms with Gasteiger partial charge in [-0.3, -0.25) is 4.90 Å². The molecule has 19 heavy (non-hydrogen) atoms. The van der Waals surface area contributed by atoms with Crippen LogP contribution in [0.25, 0.3) is 0 Å². The molecule has 0 saturated carbocycles. The molecule has 1 aliphatic rings. The molecule has 1 aromatic carbocycles. The van der Waals surface area contributed by atoms with E-state index >= 15 is 0 Å². The van der Waals surface area contributed by atoms with E-state index in [4.69, 9.17) is 5.73 Å². The fraction of sp³-hybridized carbons (Fsp3) is 0.571. The molecule has 5 heteroatoms. The maximum Gasteiger partial charge on any atom is 0.163 e. The fourth-order valence-corrected chi connectivity index (χ4v) is 2.55. The van der Waals surface area contributed by atoms with E-state index in [0.717, 1.165) is 32.0 Å². The van der Waals surface area contributed by atoms with Crippen LogP contribution in [0, 0.1) is 17.6 Å². The molecular formula is C14H21ClF2N2. The Kier molecular flexibility index (Phi) is 6.17. The van der Waals surface area contributed by atoms with E-state index in [9.17, 15) is 8.78 Å². The van der Waals surface area contributed by atoms with Crippen LogP contribution in [0.4, 0.5) is 8.78 Å². The van der Waals surface area contributed by atoms with Gasteiger partial charge in [-0.1, -0.05) is 12.1 Å². The molecule has 0 amide bonds. The molecule has 0 aromatic heterocycles. The molecule has 0 radical (unpaired) electrons. The SMILES string of the molecule is CC(N)C1CCN(Cc2cccc(F)c2F)CC1.Cl. The van der Waals surface area contributed by atoms with Crippen LogP contribution in [-0.2, 0) is 6.54 Å². The lowest BCUT2D eigenvalue weighted by atomic mass is 9.91. The van der Waals surface area contributed by atoms with Crippen LogP contribution in [0.1, 0.15) is 25.3 Å². The van der Waals surface area contributed by atoms with Crippen LogP contribution in [0.5, 0.6) is 0 Å². The molecule has 1 aliphatic heterocycles. The van der Waals surface area contributed by atoms with Crippen molar-refractivity contribution >= 4 is 12.4 Å². The van der Waals surface area contributed by atoms with Gasteiger partial charge in [-0.15, -0.1) is 12.4 Å². The second-order valence-electron chi connectivity index (χ2n) is 5.19. The maximum absolute atomic E-state index is 13.5. The van der Waals surface area contributed by atoms with Gasteiger partial charge in [-0.2, -0.15) is 0 Å². The summed E-state index contributed by atoms with van der Waals surface area (Å²) in [4.78, 5) is 2.16. The Morgan fingerprint density at radius 1 is 1.32 bits per heavy atom. The Morgan fingerprint density at radius 3 is 2.53 bits per heavy atom. The highest BCUT2D eigenvalue weighted by atomic mass is 35.5. The summed E-state index contributed by atoms with van der Waals surface area (Å²) in [6.07, 6.45) is 2.07. The highest BCUT2D eigenvalue weighted by molar-refractivity contribution is 5.85. The smallest absolute Gasteiger partial charge is 0.163 e. The van der Waals surface area contributed by atoms with E-state index in [1.165, 1.54) is 0 Å². The van der Waals surface area contributed by atoms with Gasteiger partial charge in [0.1, 0.15) is 0 Å². The van der Waals surface area contributed by atoms with Crippen molar-refractivity contribution in [3.63, 3.8) is 0 Å². The molecule has 2 N–H and O–H groups in total. The molecule has 0 bridgehead atoms. The average Bonchev–Trinajstić information content (AvgIpc) is 2.36. The van der Waals surface area contributed by atoms with Crippen molar-refractivity contribution in [2.75, 3.05) is 13.1 Å². The van der Waals surface area contributed by atoms with Crippen molar-refractivity contribution in [2.24, 2.45) is 11.7 Å². The predicted molar refractivity (Wildman–Crippen MR) is 75.3 cm³/mol. The largest absolute Gasteiger partial charge is 0.328 e. The van der Waals surface area contributed by atoms with Gasteiger partial charge in [0, 0.05) is 18.2 Å². The number of nitrogens with zero attached hydrogens (tertiary/aromatic N) is 1. The van der Waals surface area contributed by atoms with Crippen molar-refractivity contribution in [2.45, 2.75) is 32.4 Å². The second kappa shape index (κ2) is 7.17. The van der Waals surface area contributed by atoms with Crippen LogP contribution in [-0.4, -0.2) is 24.0 Å². The number of halogens is 3. The summed E-state index contributed by atoms with van der Waals surface area (Å²) in [6.45, 7) is 4.33. The highest BCUT2D eigenvalue weighted by Gasteiger charge is 2.22. The van der Waals surface area contributed by atoms with E-state index in [1.807, 2.05) is 6.92 Å². The standard InChI is InChI=1S/C14H20F2N2.ClH/c1-10(17)11-5-7-18(8-6-11)9-12-3-2-4-13(15)14(12)16;/h2-4,10-11H,5-9,17H2,1H3;1H. The van der Waals surface area contributed by atoms with Crippen LogP contribution in [0.3, 0.4) is 0 Å². The number of hydrogen-bond acceptors (Lipinski definition) is 2. The van der Waals surface area contributed by atoms with Gasteiger partial charge in [0.15, 0.2) is 11.6 Å². The number of likely N-dealkylation sites (tertiary alicyclic amines) is 1. The van der Waals surface area contributed by atoms with Crippen LogP contribution in [0.2, 0.25) is 0 Å². The van der Waals surface area contributed by atoms with Crippen molar-refractivity contribution in [1.82, 2.24) is 4.90 Å². The molecule has 1 aromatic rings. The number of rotatable bonds is 3. The molecule has 1 unspecified atom stereocenters. The zero-order valence-electron chi connectivity index (χ0n) is 11.1. The Hall–Kier alpha value is -0.710. The summed E-state index contributed by atoms with van der Waals surface area (Å²) in [5, 5.41) is 0. The monoisotopic (exact) mass is 290 g/mol. The first-order valence-electron chi connectivity index (χ1n) is 6.48. The molecule has 1 heterocycles. The molecule has 1 saturated heterocycles. The first kappa shape index (κ1) is 16.3. The van der Waals surface area contributed by atoms with Gasteiger partial charge in [0.25, 0.3) is 0 Å². The minimum absolute atomic E-state index is 0. The Morgan fingerprint density at radius 2 is 1.95 bits per heavy atom. The molecule has 108 valence electrons. The molecule has 2 rings (SSSR count). The van der Waals surface area contributed by atoms with Gasteiger partial charge < -0.3 is 5.73 Å². The first-order chi connectivity index (χ1) is 8.58. The third-order valence-corrected chi connectivity index (χ3v) is 3.80. The first-order valence-corrected chi connectivity index (χ1v) is 6.48. The zero-order chi connectivity index (χ0) is 13.1. The Balaban J connectivity index is 0.00000180. The zero-order valence-corrected chi connectivity index (χ0v) is 11.9. The topological polar surface area (TPSA) is 29.3 Å². The van der Waals surface area contributed by atoms with Crippen LogP contribution < -0.4 is 5.73 Å². The lowest BCUT2D eigenvalue weighted by molar-refractivity contribution is 0.164. The summed E-state index contributed by atoms with van der Waals surface area (Å²) < 4.78 is 26.6. The van der Waals surface area contributed by atoms with Crippen molar-refractivity contribution in [3.8, 4) is 0 Å². The second-order valence-corrected chi connectivity index (χ2v) is 5.19. The molecule has 0 aliphatic carbocycles. The molecular weight excluding hydrogens is 270 g/mol. The van der Waals surface area contributed by atoms with E-state index in [1.54, 1.807) is 12.1 Å². The fourth-order valence-electron chi connectivity index (χ4n) is 2.55. The third-order valence-electron chi connectivity index (χ3n) is 3.80. The summed E-state index contributed by atoms with van der Waals surface area (Å²) in [5.41, 5.74) is 6.32. The third kappa shape index (κ3) is 4.13. The average molecular weight is 291 g/mol. The lowest BCUT2D eigenvalue weighted by Crippen LogP contribution is -2.39. The minimum atomic E-state index is -0.766. The van der Waals surface area contributed by atoms with E-state index in [0.29, 0.717) is 18.0 Å². The van der Waals surface area contributed by atoms with Gasteiger partial charge in [0.2, 0.25) is 0 Å². The highest BCUT2D eigenvalue weighted by Crippen LogP contribution is 2.22. The maximum atomic E-state index is 13.5. The number of benzene rings is 1. The number of hydrogen-bond donors (Lipinski definition) is 1. The summed E-state index contributed by atoms with van der Waals surface area (Å²) in [6, 6.07) is 4.58. The molecule has 0 spiro atoms. The van der Waals surface area contributed by atoms with E-state index in [-0.39, 0.29) is 18.4 Å². The van der Waals surface area contributed by atoms with E-state index in [2.05, 4.69) is 4.90 Å². The Bertz CT molecular complexity index is 404. The predicted octanol–water partition coefficient (Wildman–Crippen LogP) is 2.95. The van der Waals surface area contributed by atoms with Gasteiger partial charge in [-0.05, 0) is 44.8 Å². The Labute approximate surface area is 119 Å². The number of piperidine rings is 1. The summed E-state index contributed by atoms with van der Waals surface area (Å²) >= 11 is 0. The van der Waals surface area contributed by atoms with Crippen LogP contribution in [0.15, 0.2) is 18.2 Å². The van der Waals surface area contributed by atoms with E-state index < -0.39 is 11.6 Å². The van der Waals surface area contributed by atoms with Crippen molar-refractivity contribution in [3.05, 3.63) is 35.4 Å². The lowest BCUT2D eigenvalue weighted by Gasteiger charge is -2.33. The van der Waals surface area contributed by atoms with Crippen molar-refractivity contribution in [1.29, 1.82) is 0 Å². The minimum Gasteiger partial charge on any atom is -0.328 e.